The van der Waals surface area contributed by atoms with Gasteiger partial charge in [-0.2, -0.15) is 0 Å². The first kappa shape index (κ1) is 21.9. The third kappa shape index (κ3) is 6.34. The van der Waals surface area contributed by atoms with Crippen LogP contribution in [0, 0.1) is 0 Å². The van der Waals surface area contributed by atoms with Crippen LogP contribution < -0.4 is 15.5 Å². The lowest BCUT2D eigenvalue weighted by Crippen LogP contribution is -3.14. The molecule has 7 nitrogen and oxygen atoms in total. The molecule has 0 radical (unpaired) electrons. The maximum absolute atomic E-state index is 12.8. The molecule has 0 aromatic heterocycles. The molecule has 0 spiro atoms. The van der Waals surface area contributed by atoms with Crippen molar-refractivity contribution in [2.24, 2.45) is 0 Å². The quantitative estimate of drug-likeness (QED) is 0.657. The van der Waals surface area contributed by atoms with Crippen LogP contribution in [0.25, 0.3) is 0 Å². The molecule has 1 saturated heterocycles. The fraction of sp³-hybridized carbons (Fsp3) is 0.571. The summed E-state index contributed by atoms with van der Waals surface area (Å²) in [6, 6.07) is 7.51. The van der Waals surface area contributed by atoms with Crippen molar-refractivity contribution in [1.29, 1.82) is 0 Å². The molecular weight excluding hydrogens is 356 g/mol. The van der Waals surface area contributed by atoms with Gasteiger partial charge >= 0.3 is 0 Å². The maximum atomic E-state index is 12.8. The topological polar surface area (TPSA) is 83.0 Å². The van der Waals surface area contributed by atoms with Crippen LogP contribution in [0.3, 0.4) is 0 Å². The van der Waals surface area contributed by atoms with Crippen molar-refractivity contribution in [3.8, 4) is 0 Å². The monoisotopic (exact) mass is 389 g/mol. The van der Waals surface area contributed by atoms with Crippen molar-refractivity contribution < 1.29 is 19.3 Å². The molecule has 1 aromatic carbocycles. The molecule has 1 unspecified atom stereocenters. The summed E-state index contributed by atoms with van der Waals surface area (Å²) < 4.78 is 0. The first-order chi connectivity index (χ1) is 13.3. The van der Waals surface area contributed by atoms with Gasteiger partial charge in [-0.3, -0.25) is 14.4 Å². The fourth-order valence-electron chi connectivity index (χ4n) is 3.80. The van der Waals surface area contributed by atoms with Crippen molar-refractivity contribution in [2.75, 3.05) is 30.3 Å². The van der Waals surface area contributed by atoms with Crippen LogP contribution in [0.5, 0.6) is 0 Å². The molecule has 0 bridgehead atoms. The summed E-state index contributed by atoms with van der Waals surface area (Å²) >= 11 is 0. The fourth-order valence-corrected chi connectivity index (χ4v) is 3.80. The minimum absolute atomic E-state index is 0.128. The summed E-state index contributed by atoms with van der Waals surface area (Å²) in [5, 5.41) is 5.55. The van der Waals surface area contributed by atoms with E-state index in [0.29, 0.717) is 24.5 Å². The Morgan fingerprint density at radius 2 is 1.54 bits per heavy atom. The highest BCUT2D eigenvalue weighted by molar-refractivity contribution is 5.92. The molecule has 1 aromatic rings. The average Bonchev–Trinajstić information content (AvgIpc) is 2.62. The molecule has 1 heterocycles. The molecule has 3 amide bonds. The zero-order valence-corrected chi connectivity index (χ0v) is 17.4. The van der Waals surface area contributed by atoms with E-state index in [-0.39, 0.29) is 36.3 Å². The van der Waals surface area contributed by atoms with Crippen LogP contribution in [-0.4, -0.2) is 54.3 Å². The number of hydrogen-bond donors (Lipinski definition) is 3. The van der Waals surface area contributed by atoms with Gasteiger partial charge in [0.25, 0.3) is 11.8 Å². The first-order valence-electron chi connectivity index (χ1n) is 10.1. The van der Waals surface area contributed by atoms with E-state index in [1.54, 1.807) is 24.3 Å². The number of carbonyl (C=O) groups is 3. The smallest absolute Gasteiger partial charge is 0.279 e. The number of rotatable bonds is 7. The standard InChI is InChI=1S/C21H32N4O3/c1-5-24(14-21(28)25-15(2)7-6-8-16(25)3)13-20(27)23-19-11-9-18(10-12-19)22-17(4)26/h9-12,15-16H,5-8,13-14H2,1-4H3,(H,22,26)(H,23,27)/p+1/t15-,16-/m0/s1. The number of likely N-dealkylation sites (N-methyl/N-ethyl adjacent to an activating group) is 1. The zero-order valence-electron chi connectivity index (χ0n) is 17.4. The lowest BCUT2D eigenvalue weighted by Gasteiger charge is -2.39. The first-order valence-corrected chi connectivity index (χ1v) is 10.1. The molecule has 0 aliphatic carbocycles. The van der Waals surface area contributed by atoms with E-state index in [1.807, 2.05) is 11.8 Å². The second kappa shape index (κ2) is 10.2. The number of quaternary nitrogens is 1. The summed E-state index contributed by atoms with van der Waals surface area (Å²) in [6.45, 7) is 8.93. The summed E-state index contributed by atoms with van der Waals surface area (Å²) in [7, 11) is 0. The second-order valence-electron chi connectivity index (χ2n) is 7.69. The Morgan fingerprint density at radius 1 is 1.00 bits per heavy atom. The number of hydrogen-bond acceptors (Lipinski definition) is 3. The number of nitrogens with zero attached hydrogens (tertiary/aromatic N) is 1. The van der Waals surface area contributed by atoms with Crippen LogP contribution in [0.15, 0.2) is 24.3 Å². The van der Waals surface area contributed by atoms with Crippen molar-refractivity contribution in [1.82, 2.24) is 4.90 Å². The summed E-state index contributed by atoms with van der Waals surface area (Å²) in [6.07, 6.45) is 3.26. The Morgan fingerprint density at radius 3 is 2.04 bits per heavy atom. The molecule has 3 atom stereocenters. The van der Waals surface area contributed by atoms with E-state index in [2.05, 4.69) is 24.5 Å². The van der Waals surface area contributed by atoms with Gasteiger partial charge in [0.05, 0.1) is 6.54 Å². The Hall–Kier alpha value is -2.41. The van der Waals surface area contributed by atoms with E-state index < -0.39 is 0 Å². The molecule has 28 heavy (non-hydrogen) atoms. The highest BCUT2D eigenvalue weighted by atomic mass is 16.2. The second-order valence-corrected chi connectivity index (χ2v) is 7.69. The highest BCUT2D eigenvalue weighted by Gasteiger charge is 2.31. The van der Waals surface area contributed by atoms with E-state index >= 15 is 0 Å². The summed E-state index contributed by atoms with van der Waals surface area (Å²) in [5.74, 6) is -0.137. The number of piperidine rings is 1. The van der Waals surface area contributed by atoms with Gasteiger partial charge in [0.15, 0.2) is 13.1 Å². The van der Waals surface area contributed by atoms with Crippen LogP contribution in [0.4, 0.5) is 11.4 Å². The molecule has 7 heteroatoms. The van der Waals surface area contributed by atoms with Gasteiger partial charge < -0.3 is 20.4 Å². The predicted octanol–water partition coefficient (Wildman–Crippen LogP) is 1.28. The minimum atomic E-state index is -0.138. The predicted molar refractivity (Wildman–Crippen MR) is 110 cm³/mol. The molecule has 0 saturated carbocycles. The molecule has 1 fully saturated rings. The largest absolute Gasteiger partial charge is 0.332 e. The molecule has 154 valence electrons. The van der Waals surface area contributed by atoms with Gasteiger partial charge in [-0.1, -0.05) is 0 Å². The van der Waals surface area contributed by atoms with Gasteiger partial charge in [-0.05, 0) is 64.3 Å². The molecule has 2 rings (SSSR count). The van der Waals surface area contributed by atoms with Crippen molar-refractivity contribution >= 4 is 29.1 Å². The SMILES string of the molecule is CC[NH+](CC(=O)Nc1ccc(NC(C)=O)cc1)CC(=O)N1[C@@H](C)CCC[C@@H]1C. The van der Waals surface area contributed by atoms with Gasteiger partial charge in [0.1, 0.15) is 0 Å². The van der Waals surface area contributed by atoms with E-state index in [1.165, 1.54) is 13.3 Å². The normalized spacial score (nSPS) is 20.4. The van der Waals surface area contributed by atoms with Gasteiger partial charge in [0, 0.05) is 30.4 Å². The third-order valence-electron chi connectivity index (χ3n) is 5.28. The van der Waals surface area contributed by atoms with Crippen LogP contribution in [0.2, 0.25) is 0 Å². The van der Waals surface area contributed by atoms with E-state index in [0.717, 1.165) is 17.7 Å². The van der Waals surface area contributed by atoms with E-state index in [4.69, 9.17) is 0 Å². The van der Waals surface area contributed by atoms with Gasteiger partial charge in [0.2, 0.25) is 5.91 Å². The Kier molecular flexibility index (Phi) is 7.99. The van der Waals surface area contributed by atoms with Gasteiger partial charge in [-0.25, -0.2) is 0 Å². The summed E-state index contributed by atoms with van der Waals surface area (Å²) in [4.78, 5) is 39.2. The number of amides is 3. The number of nitrogens with one attached hydrogen (secondary N) is 3. The van der Waals surface area contributed by atoms with E-state index in [9.17, 15) is 14.4 Å². The zero-order chi connectivity index (χ0) is 20.7. The minimum Gasteiger partial charge on any atom is -0.332 e. The Labute approximate surface area is 167 Å². The summed E-state index contributed by atoms with van der Waals surface area (Å²) in [5.41, 5.74) is 1.35. The highest BCUT2D eigenvalue weighted by Crippen LogP contribution is 2.22. The lowest BCUT2D eigenvalue weighted by molar-refractivity contribution is -0.882. The van der Waals surface area contributed by atoms with Crippen molar-refractivity contribution in [3.63, 3.8) is 0 Å². The molecular formula is C21H33N4O3+. The number of anilines is 2. The number of likely N-dealkylation sites (tertiary alicyclic amines) is 1. The number of benzene rings is 1. The third-order valence-corrected chi connectivity index (χ3v) is 5.28. The lowest BCUT2D eigenvalue weighted by atomic mass is 9.97. The maximum Gasteiger partial charge on any atom is 0.279 e. The Balaban J connectivity index is 1.88. The van der Waals surface area contributed by atoms with Crippen molar-refractivity contribution in [3.05, 3.63) is 24.3 Å². The molecule has 1 aliphatic rings. The molecule has 1 aliphatic heterocycles. The van der Waals surface area contributed by atoms with Crippen LogP contribution in [-0.2, 0) is 14.4 Å². The van der Waals surface area contributed by atoms with Crippen molar-refractivity contribution in [2.45, 2.75) is 59.0 Å². The average molecular weight is 390 g/mol. The van der Waals surface area contributed by atoms with Crippen LogP contribution >= 0.6 is 0 Å². The number of carbonyl (C=O) groups excluding carboxylic acids is 3. The van der Waals surface area contributed by atoms with Gasteiger partial charge in [-0.15, -0.1) is 0 Å². The van der Waals surface area contributed by atoms with Crippen LogP contribution in [0.1, 0.15) is 47.0 Å². The Bertz CT molecular complexity index is 679. The molecule has 3 N–H and O–H groups in total.